The molecule has 2 aromatic heterocycles. The van der Waals surface area contributed by atoms with E-state index in [1.54, 1.807) is 0 Å². The van der Waals surface area contributed by atoms with Gasteiger partial charge in [0.15, 0.2) is 16.6 Å². The third kappa shape index (κ3) is 4.36. The number of rotatable bonds is 6. The highest BCUT2D eigenvalue weighted by Gasteiger charge is 2.51. The van der Waals surface area contributed by atoms with Gasteiger partial charge in [-0.1, -0.05) is 131 Å². The number of nitrogens with zero attached hydrogens (tertiary/aromatic N) is 3. The summed E-state index contributed by atoms with van der Waals surface area (Å²) >= 11 is 0. The van der Waals surface area contributed by atoms with E-state index in [2.05, 4.69) is 165 Å². The van der Waals surface area contributed by atoms with Gasteiger partial charge in [0.2, 0.25) is 0 Å². The van der Waals surface area contributed by atoms with Gasteiger partial charge in [0, 0.05) is 38.4 Å². The number of fused-ring (bicyclic) bond motifs is 12. The van der Waals surface area contributed by atoms with Gasteiger partial charge in [-0.15, -0.1) is 6.58 Å². The standard InChI is InChI=1S/C49H42N3O/c1-7-39-34-18-11-12-20-36(34)43(40(8-2)50-39)47-38-26-25-37-35-19-13-14-23-42(35)53-48(37)44(38)49-51(47)41-27-24-30-16-9-10-17-33(30)46(41)52(49)45-31(28(3)4)21-15-22-32(45)29(5)6/h7-29,40,43,47H,1-2H2,3-6H3/q+1. The average Bonchev–Trinajstić information content (AvgIpc) is 3.84. The summed E-state index contributed by atoms with van der Waals surface area (Å²) in [6, 6.07) is 41.9. The van der Waals surface area contributed by atoms with Crippen molar-refractivity contribution in [1.82, 2.24) is 4.57 Å². The number of furan rings is 1. The Bertz CT molecular complexity index is 2840. The molecule has 53 heavy (non-hydrogen) atoms. The Labute approximate surface area is 310 Å². The Morgan fingerprint density at radius 3 is 2.19 bits per heavy atom. The van der Waals surface area contributed by atoms with E-state index in [-0.39, 0.29) is 18.0 Å². The van der Waals surface area contributed by atoms with Crippen molar-refractivity contribution in [2.45, 2.75) is 57.5 Å². The minimum atomic E-state index is -0.173. The molecule has 2 aliphatic heterocycles. The van der Waals surface area contributed by atoms with Gasteiger partial charge in [-0.25, -0.2) is 4.57 Å². The van der Waals surface area contributed by atoms with Crippen LogP contribution in [0.25, 0.3) is 60.8 Å². The number of aromatic nitrogens is 2. The third-order valence-electron chi connectivity index (χ3n) is 11.8. The van der Waals surface area contributed by atoms with Gasteiger partial charge >= 0.3 is 0 Å². The van der Waals surface area contributed by atoms with E-state index in [1.165, 1.54) is 49.7 Å². The molecule has 4 nitrogen and oxygen atoms in total. The summed E-state index contributed by atoms with van der Waals surface area (Å²) in [6.45, 7) is 17.8. The second kappa shape index (κ2) is 11.8. The van der Waals surface area contributed by atoms with Crippen molar-refractivity contribution in [3.05, 3.63) is 168 Å². The molecule has 4 heterocycles. The van der Waals surface area contributed by atoms with Crippen LogP contribution >= 0.6 is 0 Å². The predicted molar refractivity (Wildman–Crippen MR) is 220 cm³/mol. The van der Waals surface area contributed by atoms with Crippen LogP contribution in [-0.4, -0.2) is 16.3 Å². The van der Waals surface area contributed by atoms with Crippen molar-refractivity contribution in [1.29, 1.82) is 0 Å². The molecule has 4 heteroatoms. The molecule has 0 N–H and O–H groups in total. The number of hydrogen-bond acceptors (Lipinski definition) is 2. The fourth-order valence-corrected chi connectivity index (χ4v) is 9.51. The summed E-state index contributed by atoms with van der Waals surface area (Å²) in [7, 11) is 0. The first-order chi connectivity index (χ1) is 25.9. The zero-order valence-corrected chi connectivity index (χ0v) is 30.7. The smallest absolute Gasteiger partial charge is 0.299 e. The number of benzene rings is 6. The molecule has 6 aromatic carbocycles. The Hall–Kier alpha value is -6.00. The molecule has 0 fully saturated rings. The van der Waals surface area contributed by atoms with Crippen molar-refractivity contribution >= 4 is 49.5 Å². The summed E-state index contributed by atoms with van der Waals surface area (Å²) in [5.41, 5.74) is 13.9. The van der Waals surface area contributed by atoms with Crippen LogP contribution in [0.4, 0.5) is 0 Å². The fraction of sp³-hybridized carbons (Fsp3) is 0.184. The first-order valence-electron chi connectivity index (χ1n) is 18.9. The topological polar surface area (TPSA) is 34.3 Å². The zero-order chi connectivity index (χ0) is 36.1. The van der Waals surface area contributed by atoms with Crippen molar-refractivity contribution in [2.24, 2.45) is 4.99 Å². The Kier molecular flexibility index (Phi) is 7.04. The monoisotopic (exact) mass is 688 g/mol. The number of para-hydroxylation sites is 2. The number of allylic oxidation sites excluding steroid dienone is 1. The largest absolute Gasteiger partial charge is 0.455 e. The minimum absolute atomic E-state index is 0.0327. The molecule has 0 bridgehead atoms. The zero-order valence-electron chi connectivity index (χ0n) is 30.7. The van der Waals surface area contributed by atoms with Crippen LogP contribution in [0.5, 0.6) is 0 Å². The lowest BCUT2D eigenvalue weighted by Gasteiger charge is -2.33. The number of aliphatic imine (C=N–C) groups is 1. The Morgan fingerprint density at radius 1 is 0.717 bits per heavy atom. The van der Waals surface area contributed by atoms with E-state index < -0.39 is 0 Å². The maximum absolute atomic E-state index is 6.99. The van der Waals surface area contributed by atoms with Gasteiger partial charge in [-0.05, 0) is 53.1 Å². The first-order valence-corrected chi connectivity index (χ1v) is 18.9. The first kappa shape index (κ1) is 31.7. The number of hydrogen-bond donors (Lipinski definition) is 0. The molecule has 258 valence electrons. The Morgan fingerprint density at radius 2 is 1.43 bits per heavy atom. The second-order valence-electron chi connectivity index (χ2n) is 15.3. The van der Waals surface area contributed by atoms with Gasteiger partial charge in [-0.2, -0.15) is 4.57 Å². The van der Waals surface area contributed by atoms with Crippen molar-refractivity contribution in [3.63, 3.8) is 0 Å². The fourth-order valence-electron chi connectivity index (χ4n) is 9.51. The van der Waals surface area contributed by atoms with Crippen LogP contribution in [0, 0.1) is 0 Å². The van der Waals surface area contributed by atoms with E-state index in [0.717, 1.165) is 44.6 Å². The van der Waals surface area contributed by atoms with Gasteiger partial charge in [0.1, 0.15) is 22.9 Å². The molecule has 0 saturated carbocycles. The average molecular weight is 689 g/mol. The predicted octanol–water partition coefficient (Wildman–Crippen LogP) is 12.1. The SMILES string of the molecule is C=CC1=NC(C=C)C(C2c3ccc4c(oc5ccccc54)c3-c3n(-c4c(C(C)C)cccc4C(C)C)c4c5ccccc5ccc4[n+]32)c2ccccc21. The summed E-state index contributed by atoms with van der Waals surface area (Å²) in [5, 5.41) is 4.71. The van der Waals surface area contributed by atoms with E-state index >= 15 is 0 Å². The molecule has 10 rings (SSSR count). The van der Waals surface area contributed by atoms with Crippen LogP contribution < -0.4 is 4.57 Å². The van der Waals surface area contributed by atoms with E-state index in [9.17, 15) is 0 Å². The minimum Gasteiger partial charge on any atom is -0.455 e. The van der Waals surface area contributed by atoms with Crippen LogP contribution in [0.15, 0.2) is 150 Å². The molecule has 8 aromatic rings. The number of imidazole rings is 1. The molecule has 0 spiro atoms. The molecule has 3 unspecified atom stereocenters. The molecule has 0 amide bonds. The van der Waals surface area contributed by atoms with Gasteiger partial charge < -0.3 is 4.42 Å². The third-order valence-corrected chi connectivity index (χ3v) is 11.8. The van der Waals surface area contributed by atoms with Crippen molar-refractivity contribution in [2.75, 3.05) is 0 Å². The molecule has 3 atom stereocenters. The molecule has 2 aliphatic rings. The normalized spacial score (nSPS) is 17.8. The molecule has 0 radical (unpaired) electrons. The maximum Gasteiger partial charge on any atom is 0.299 e. The van der Waals surface area contributed by atoms with Crippen LogP contribution in [0.1, 0.15) is 79.3 Å². The van der Waals surface area contributed by atoms with Crippen molar-refractivity contribution in [3.8, 4) is 17.1 Å². The van der Waals surface area contributed by atoms with E-state index in [4.69, 9.17) is 9.41 Å². The van der Waals surface area contributed by atoms with Gasteiger partial charge in [-0.3, -0.25) is 4.99 Å². The van der Waals surface area contributed by atoms with E-state index in [0.29, 0.717) is 11.8 Å². The lowest BCUT2D eigenvalue weighted by Crippen LogP contribution is -2.45. The van der Waals surface area contributed by atoms with Crippen LogP contribution in [-0.2, 0) is 0 Å². The summed E-state index contributed by atoms with van der Waals surface area (Å²) in [4.78, 5) is 5.34. The van der Waals surface area contributed by atoms with E-state index in [1.807, 2.05) is 12.2 Å². The summed E-state index contributed by atoms with van der Waals surface area (Å²) in [6.07, 6.45) is 3.92. The molecular weight excluding hydrogens is 647 g/mol. The lowest BCUT2D eigenvalue weighted by molar-refractivity contribution is -0.676. The highest BCUT2D eigenvalue weighted by atomic mass is 16.3. The molecule has 0 saturated heterocycles. The maximum atomic E-state index is 6.99. The molecular formula is C49H42N3O+. The van der Waals surface area contributed by atoms with Gasteiger partial charge in [0.25, 0.3) is 5.82 Å². The Balaban J connectivity index is 1.45. The van der Waals surface area contributed by atoms with Crippen LogP contribution in [0.2, 0.25) is 0 Å². The molecule has 0 aliphatic carbocycles. The lowest BCUT2D eigenvalue weighted by atomic mass is 9.77. The van der Waals surface area contributed by atoms with Gasteiger partial charge in [0.05, 0.1) is 17.7 Å². The highest BCUT2D eigenvalue weighted by Crippen LogP contribution is 2.52. The van der Waals surface area contributed by atoms with Crippen molar-refractivity contribution < 1.29 is 8.98 Å². The van der Waals surface area contributed by atoms with Crippen LogP contribution in [0.3, 0.4) is 0 Å². The second-order valence-corrected chi connectivity index (χ2v) is 15.3. The quantitative estimate of drug-likeness (QED) is 0.126. The summed E-state index contributed by atoms with van der Waals surface area (Å²) < 4.78 is 12.2. The summed E-state index contributed by atoms with van der Waals surface area (Å²) in [5.74, 6) is 1.72. The highest BCUT2D eigenvalue weighted by molar-refractivity contribution is 6.12.